The Morgan fingerprint density at radius 3 is 2.05 bits per heavy atom. The average molecular weight is 312 g/mol. The van der Waals surface area contributed by atoms with Crippen LogP contribution in [0.1, 0.15) is 71.7 Å². The van der Waals surface area contributed by atoms with Gasteiger partial charge in [-0.2, -0.15) is 0 Å². The van der Waals surface area contributed by atoms with Crippen LogP contribution in [0.25, 0.3) is 0 Å². The lowest BCUT2D eigenvalue weighted by molar-refractivity contribution is 0.501. The van der Waals surface area contributed by atoms with Gasteiger partial charge in [0.05, 0.1) is 0 Å². The summed E-state index contributed by atoms with van der Waals surface area (Å²) >= 11 is 6.36. The van der Waals surface area contributed by atoms with Gasteiger partial charge in [0, 0.05) is 24.1 Å². The van der Waals surface area contributed by atoms with Crippen LogP contribution in [0, 0.1) is 12.8 Å². The van der Waals surface area contributed by atoms with Crippen molar-refractivity contribution in [3.05, 3.63) is 16.5 Å². The Kier molecular flexibility index (Phi) is 6.92. The maximum absolute atomic E-state index is 6.36. The van der Waals surface area contributed by atoms with Crippen molar-refractivity contribution in [2.45, 2.75) is 73.3 Å². The van der Waals surface area contributed by atoms with Gasteiger partial charge >= 0.3 is 0 Å². The number of hydrogen-bond donors (Lipinski definition) is 0. The molecule has 3 nitrogen and oxygen atoms in total. The fourth-order valence-corrected chi connectivity index (χ4v) is 2.73. The van der Waals surface area contributed by atoms with Gasteiger partial charge in [-0.15, -0.1) is 0 Å². The number of aromatic nitrogens is 2. The highest BCUT2D eigenvalue weighted by Crippen LogP contribution is 2.29. The maximum atomic E-state index is 6.36. The average Bonchev–Trinajstić information content (AvgIpc) is 2.41. The molecule has 0 amide bonds. The number of halogens is 1. The van der Waals surface area contributed by atoms with Gasteiger partial charge in [-0.3, -0.25) is 0 Å². The zero-order valence-corrected chi connectivity index (χ0v) is 15.3. The summed E-state index contributed by atoms with van der Waals surface area (Å²) in [4.78, 5) is 11.7. The van der Waals surface area contributed by atoms with E-state index in [1.807, 2.05) is 6.92 Å². The molecule has 0 saturated heterocycles. The SMILES string of the molecule is CCC(CC)N(CC(C)C)c1nc(C(C)C)nc(Cl)c1C. The molecule has 0 bridgehead atoms. The van der Waals surface area contributed by atoms with E-state index in [1.165, 1.54) is 0 Å². The fourth-order valence-electron chi connectivity index (χ4n) is 2.56. The zero-order valence-electron chi connectivity index (χ0n) is 14.6. The van der Waals surface area contributed by atoms with E-state index >= 15 is 0 Å². The van der Waals surface area contributed by atoms with Crippen molar-refractivity contribution >= 4 is 17.4 Å². The molecule has 1 rings (SSSR count). The van der Waals surface area contributed by atoms with Crippen molar-refractivity contribution < 1.29 is 0 Å². The lowest BCUT2D eigenvalue weighted by Crippen LogP contribution is -2.38. The Morgan fingerprint density at radius 1 is 1.05 bits per heavy atom. The van der Waals surface area contributed by atoms with Gasteiger partial charge in [0.15, 0.2) is 0 Å². The van der Waals surface area contributed by atoms with Crippen LogP contribution in [0.15, 0.2) is 0 Å². The second kappa shape index (κ2) is 7.98. The van der Waals surface area contributed by atoms with Gasteiger partial charge in [-0.05, 0) is 25.7 Å². The molecule has 0 N–H and O–H groups in total. The Balaban J connectivity index is 3.34. The molecular weight excluding hydrogens is 282 g/mol. The summed E-state index contributed by atoms with van der Waals surface area (Å²) in [5, 5.41) is 0.586. The minimum atomic E-state index is 0.282. The molecule has 0 radical (unpaired) electrons. The maximum Gasteiger partial charge on any atom is 0.137 e. The summed E-state index contributed by atoms with van der Waals surface area (Å²) < 4.78 is 0. The van der Waals surface area contributed by atoms with Crippen LogP contribution in [0.2, 0.25) is 5.15 Å². The molecule has 1 heterocycles. The molecule has 0 aliphatic rings. The molecule has 0 fully saturated rings. The molecular formula is C17H30ClN3. The molecule has 0 aliphatic heterocycles. The third-order valence-corrected chi connectivity index (χ3v) is 4.18. The first-order valence-electron chi connectivity index (χ1n) is 8.12. The first-order chi connectivity index (χ1) is 9.81. The van der Waals surface area contributed by atoms with Crippen molar-refractivity contribution in [3.63, 3.8) is 0 Å². The second-order valence-electron chi connectivity index (χ2n) is 6.49. The van der Waals surface area contributed by atoms with Gasteiger partial charge < -0.3 is 4.90 Å². The molecule has 4 heteroatoms. The lowest BCUT2D eigenvalue weighted by Gasteiger charge is -2.34. The third-order valence-electron chi connectivity index (χ3n) is 3.81. The molecule has 0 aromatic carbocycles. The summed E-state index contributed by atoms with van der Waals surface area (Å²) in [6.45, 7) is 16.2. The molecule has 0 unspecified atom stereocenters. The van der Waals surface area contributed by atoms with E-state index in [-0.39, 0.29) is 5.92 Å². The first kappa shape index (κ1) is 18.2. The van der Waals surface area contributed by atoms with E-state index in [1.54, 1.807) is 0 Å². The standard InChI is InChI=1S/C17H30ClN3/c1-8-14(9-2)21(10-11(3)4)17-13(7)15(18)19-16(20-17)12(5)6/h11-12,14H,8-10H2,1-7H3. The Labute approximate surface area is 135 Å². The van der Waals surface area contributed by atoms with Crippen LogP contribution in [0.5, 0.6) is 0 Å². The van der Waals surface area contributed by atoms with Gasteiger partial charge in [-0.1, -0.05) is 53.1 Å². The smallest absolute Gasteiger partial charge is 0.137 e. The number of rotatable bonds is 7. The van der Waals surface area contributed by atoms with E-state index in [4.69, 9.17) is 16.6 Å². The van der Waals surface area contributed by atoms with E-state index in [2.05, 4.69) is 51.4 Å². The summed E-state index contributed by atoms with van der Waals surface area (Å²) in [6.07, 6.45) is 2.22. The first-order valence-corrected chi connectivity index (χ1v) is 8.50. The van der Waals surface area contributed by atoms with E-state index < -0.39 is 0 Å². The van der Waals surface area contributed by atoms with Gasteiger partial charge in [0.25, 0.3) is 0 Å². The van der Waals surface area contributed by atoms with Crippen molar-refractivity contribution in [3.8, 4) is 0 Å². The van der Waals surface area contributed by atoms with Gasteiger partial charge in [-0.25, -0.2) is 9.97 Å². The molecule has 0 atom stereocenters. The summed E-state index contributed by atoms with van der Waals surface area (Å²) in [6, 6.07) is 0.497. The zero-order chi connectivity index (χ0) is 16.2. The van der Waals surface area contributed by atoms with E-state index in [9.17, 15) is 0 Å². The topological polar surface area (TPSA) is 29.0 Å². The molecule has 0 aliphatic carbocycles. The molecule has 1 aromatic heterocycles. The molecule has 1 aromatic rings. The van der Waals surface area contributed by atoms with Crippen LogP contribution in [0.3, 0.4) is 0 Å². The minimum Gasteiger partial charge on any atom is -0.353 e. The lowest BCUT2D eigenvalue weighted by atomic mass is 10.1. The highest BCUT2D eigenvalue weighted by molar-refractivity contribution is 6.30. The number of anilines is 1. The van der Waals surface area contributed by atoms with Crippen molar-refractivity contribution in [1.29, 1.82) is 0 Å². The van der Waals surface area contributed by atoms with Gasteiger partial charge in [0.1, 0.15) is 16.8 Å². The summed E-state index contributed by atoms with van der Waals surface area (Å²) in [7, 11) is 0. The molecule has 120 valence electrons. The minimum absolute atomic E-state index is 0.282. The highest BCUT2D eigenvalue weighted by atomic mass is 35.5. The largest absolute Gasteiger partial charge is 0.353 e. The van der Waals surface area contributed by atoms with Crippen molar-refractivity contribution in [2.24, 2.45) is 5.92 Å². The van der Waals surface area contributed by atoms with Crippen LogP contribution >= 0.6 is 11.6 Å². The summed E-state index contributed by atoms with van der Waals surface area (Å²) in [5.41, 5.74) is 0.994. The predicted molar refractivity (Wildman–Crippen MR) is 92.4 cm³/mol. The molecule has 0 spiro atoms. The van der Waals surface area contributed by atoms with Crippen molar-refractivity contribution in [1.82, 2.24) is 9.97 Å². The van der Waals surface area contributed by atoms with Crippen LogP contribution in [-0.4, -0.2) is 22.6 Å². The second-order valence-corrected chi connectivity index (χ2v) is 6.85. The monoisotopic (exact) mass is 311 g/mol. The van der Waals surface area contributed by atoms with Crippen LogP contribution in [-0.2, 0) is 0 Å². The predicted octanol–water partition coefficient (Wildman–Crippen LogP) is 5.21. The van der Waals surface area contributed by atoms with Gasteiger partial charge in [0.2, 0.25) is 0 Å². The molecule has 0 saturated carbocycles. The highest BCUT2D eigenvalue weighted by Gasteiger charge is 2.22. The Morgan fingerprint density at radius 2 is 1.62 bits per heavy atom. The number of hydrogen-bond acceptors (Lipinski definition) is 3. The van der Waals surface area contributed by atoms with Crippen LogP contribution in [0.4, 0.5) is 5.82 Å². The normalized spacial score (nSPS) is 11.8. The Hall–Kier alpha value is -0.830. The quantitative estimate of drug-likeness (QED) is 0.647. The molecule has 21 heavy (non-hydrogen) atoms. The van der Waals surface area contributed by atoms with Crippen LogP contribution < -0.4 is 4.90 Å². The Bertz CT molecular complexity index is 454. The van der Waals surface area contributed by atoms with E-state index in [0.717, 1.165) is 36.6 Å². The third kappa shape index (κ3) is 4.57. The summed E-state index contributed by atoms with van der Waals surface area (Å²) in [5.74, 6) is 2.71. The van der Waals surface area contributed by atoms with Crippen molar-refractivity contribution in [2.75, 3.05) is 11.4 Å². The fraction of sp³-hybridized carbons (Fsp3) is 0.765. The number of nitrogens with zero attached hydrogens (tertiary/aromatic N) is 3. The van der Waals surface area contributed by atoms with E-state index in [0.29, 0.717) is 17.1 Å².